The lowest BCUT2D eigenvalue weighted by Crippen LogP contribution is -2.12. The molecule has 0 heterocycles. The van der Waals surface area contributed by atoms with E-state index in [1.165, 1.54) is 7.11 Å². The highest BCUT2D eigenvalue weighted by atomic mass is 16.6. The van der Waals surface area contributed by atoms with Crippen LogP contribution in [-0.4, -0.2) is 23.7 Å². The number of nitrogens with zero attached hydrogens (tertiary/aromatic N) is 2. The normalized spacial score (nSPS) is 12.7. The Balaban J connectivity index is 3.08. The van der Waals surface area contributed by atoms with Gasteiger partial charge in [-0.2, -0.15) is 0 Å². The Kier molecular flexibility index (Phi) is 3.67. The molecule has 0 aliphatic carbocycles. The molecule has 74 valence electrons. The third kappa shape index (κ3) is 2.32. The van der Waals surface area contributed by atoms with Crippen molar-refractivity contribution in [2.75, 3.05) is 7.11 Å². The third-order valence-electron chi connectivity index (χ3n) is 1.72. The highest BCUT2D eigenvalue weighted by Gasteiger charge is 2.07. The summed E-state index contributed by atoms with van der Waals surface area (Å²) in [5.74, 6) is 0. The molecule has 0 spiro atoms. The Labute approximate surface area is 82.5 Å². The van der Waals surface area contributed by atoms with Gasteiger partial charge in [-0.3, -0.25) is 0 Å². The molecule has 0 aliphatic rings. The van der Waals surface area contributed by atoms with Crippen molar-refractivity contribution in [3.63, 3.8) is 0 Å². The van der Waals surface area contributed by atoms with Crippen LogP contribution in [0.2, 0.25) is 0 Å². The molecule has 4 heteroatoms. The number of hydrogen-bond donors (Lipinski definition) is 1. The van der Waals surface area contributed by atoms with Crippen LogP contribution in [0.15, 0.2) is 40.6 Å². The van der Waals surface area contributed by atoms with E-state index < -0.39 is 0 Å². The molecule has 1 rings (SSSR count). The van der Waals surface area contributed by atoms with Gasteiger partial charge in [0.25, 0.3) is 0 Å². The molecule has 1 N–H and O–H groups in total. The van der Waals surface area contributed by atoms with Crippen LogP contribution < -0.4 is 0 Å². The quantitative estimate of drug-likeness (QED) is 0.451. The van der Waals surface area contributed by atoms with Gasteiger partial charge in [0.05, 0.1) is 0 Å². The van der Waals surface area contributed by atoms with Crippen LogP contribution in [0.4, 0.5) is 0 Å². The van der Waals surface area contributed by atoms with Crippen LogP contribution in [0.5, 0.6) is 0 Å². The second-order valence-electron chi connectivity index (χ2n) is 2.67. The Hall–Kier alpha value is -1.84. The Morgan fingerprint density at radius 1 is 1.29 bits per heavy atom. The minimum absolute atomic E-state index is 0.415. The fourth-order valence-electron chi connectivity index (χ4n) is 1.06. The molecule has 0 atom stereocenters. The Morgan fingerprint density at radius 2 is 1.93 bits per heavy atom. The lowest BCUT2D eigenvalue weighted by molar-refractivity contribution is 0.214. The van der Waals surface area contributed by atoms with Crippen LogP contribution >= 0.6 is 0 Å². The summed E-state index contributed by atoms with van der Waals surface area (Å²) in [5.41, 5.74) is 1.79. The maximum absolute atomic E-state index is 8.64. The van der Waals surface area contributed by atoms with E-state index in [2.05, 4.69) is 15.1 Å². The molecule has 1 aromatic carbocycles. The third-order valence-corrected chi connectivity index (χ3v) is 1.72. The summed E-state index contributed by atoms with van der Waals surface area (Å²) in [5, 5.41) is 15.5. The average Bonchev–Trinajstić information content (AvgIpc) is 2.26. The molecule has 0 aliphatic heterocycles. The SMILES string of the molecule is CO/N=C(\C(C)=N\O)c1ccccc1. The molecule has 0 radical (unpaired) electrons. The second-order valence-corrected chi connectivity index (χ2v) is 2.67. The van der Waals surface area contributed by atoms with Crippen LogP contribution in [0.3, 0.4) is 0 Å². The smallest absolute Gasteiger partial charge is 0.134 e. The molecule has 0 unspecified atom stereocenters. The molecule has 1 aromatic rings. The lowest BCUT2D eigenvalue weighted by atomic mass is 10.1. The predicted molar refractivity (Wildman–Crippen MR) is 54.9 cm³/mol. The number of hydrogen-bond acceptors (Lipinski definition) is 4. The van der Waals surface area contributed by atoms with Gasteiger partial charge in [-0.1, -0.05) is 40.6 Å². The molecule has 0 fully saturated rings. The highest BCUT2D eigenvalue weighted by molar-refractivity contribution is 6.47. The molecule has 4 nitrogen and oxygen atoms in total. The van der Waals surface area contributed by atoms with Crippen molar-refractivity contribution in [2.24, 2.45) is 10.3 Å². The van der Waals surface area contributed by atoms with Crippen molar-refractivity contribution >= 4 is 11.4 Å². The lowest BCUT2D eigenvalue weighted by Gasteiger charge is -2.02. The van der Waals surface area contributed by atoms with E-state index >= 15 is 0 Å². The predicted octanol–water partition coefficient (Wildman–Crippen LogP) is 1.89. The van der Waals surface area contributed by atoms with Gasteiger partial charge in [0.1, 0.15) is 18.5 Å². The molecule has 0 saturated heterocycles. The van der Waals surface area contributed by atoms with Crippen molar-refractivity contribution in [3.05, 3.63) is 35.9 Å². The standard InChI is InChI=1S/C10H12N2O2/c1-8(11-13)10(12-14-2)9-6-4-3-5-7-9/h3-7,13H,1-2H3/b11-8+,12-10+. The van der Waals surface area contributed by atoms with Crippen LogP contribution in [0, 0.1) is 0 Å². The highest BCUT2D eigenvalue weighted by Crippen LogP contribution is 2.03. The molecule has 0 saturated carbocycles. The zero-order valence-corrected chi connectivity index (χ0v) is 8.14. The zero-order valence-electron chi connectivity index (χ0n) is 8.14. The molecular formula is C10H12N2O2. The van der Waals surface area contributed by atoms with Crippen molar-refractivity contribution in [1.82, 2.24) is 0 Å². The van der Waals surface area contributed by atoms with Gasteiger partial charge in [0, 0.05) is 5.56 Å². The molecule has 0 amide bonds. The fraction of sp³-hybridized carbons (Fsp3) is 0.200. The maximum atomic E-state index is 8.64. The topological polar surface area (TPSA) is 54.2 Å². The first-order valence-electron chi connectivity index (χ1n) is 4.15. The van der Waals surface area contributed by atoms with Gasteiger partial charge in [-0.25, -0.2) is 0 Å². The van der Waals surface area contributed by atoms with Gasteiger partial charge < -0.3 is 10.0 Å². The van der Waals surface area contributed by atoms with E-state index in [0.29, 0.717) is 11.4 Å². The maximum Gasteiger partial charge on any atom is 0.134 e. The van der Waals surface area contributed by atoms with Crippen LogP contribution in [-0.2, 0) is 4.84 Å². The minimum Gasteiger partial charge on any atom is -0.411 e. The summed E-state index contributed by atoms with van der Waals surface area (Å²) in [4.78, 5) is 4.68. The Bertz CT molecular complexity index is 344. The number of benzene rings is 1. The first-order chi connectivity index (χ1) is 6.79. The van der Waals surface area contributed by atoms with Gasteiger partial charge in [-0.15, -0.1) is 0 Å². The largest absolute Gasteiger partial charge is 0.411 e. The van der Waals surface area contributed by atoms with Gasteiger partial charge in [0.2, 0.25) is 0 Å². The van der Waals surface area contributed by atoms with E-state index in [9.17, 15) is 0 Å². The first kappa shape index (κ1) is 10.2. The second kappa shape index (κ2) is 5.01. The van der Waals surface area contributed by atoms with Crippen LogP contribution in [0.1, 0.15) is 12.5 Å². The number of rotatable bonds is 3. The summed E-state index contributed by atoms with van der Waals surface area (Å²) in [6.07, 6.45) is 0. The monoisotopic (exact) mass is 192 g/mol. The first-order valence-corrected chi connectivity index (χ1v) is 4.15. The minimum atomic E-state index is 0.415. The summed E-state index contributed by atoms with van der Waals surface area (Å²) in [6, 6.07) is 9.40. The van der Waals surface area contributed by atoms with Gasteiger partial charge in [0.15, 0.2) is 0 Å². The summed E-state index contributed by atoms with van der Waals surface area (Å²) < 4.78 is 0. The molecule has 14 heavy (non-hydrogen) atoms. The van der Waals surface area contributed by atoms with E-state index in [1.54, 1.807) is 6.92 Å². The average molecular weight is 192 g/mol. The van der Waals surface area contributed by atoms with Crippen molar-refractivity contribution in [2.45, 2.75) is 6.92 Å². The molecular weight excluding hydrogens is 180 g/mol. The van der Waals surface area contributed by atoms with Crippen molar-refractivity contribution < 1.29 is 10.0 Å². The van der Waals surface area contributed by atoms with E-state index in [1.807, 2.05) is 30.3 Å². The molecule has 0 bridgehead atoms. The summed E-state index contributed by atoms with van der Waals surface area (Å²) >= 11 is 0. The van der Waals surface area contributed by atoms with E-state index in [0.717, 1.165) is 5.56 Å². The summed E-state index contributed by atoms with van der Waals surface area (Å²) in [6.45, 7) is 1.66. The number of oxime groups is 2. The fourth-order valence-corrected chi connectivity index (χ4v) is 1.06. The van der Waals surface area contributed by atoms with Gasteiger partial charge >= 0.3 is 0 Å². The van der Waals surface area contributed by atoms with Gasteiger partial charge in [-0.05, 0) is 6.92 Å². The molecule has 0 aromatic heterocycles. The van der Waals surface area contributed by atoms with Crippen LogP contribution in [0.25, 0.3) is 0 Å². The Morgan fingerprint density at radius 3 is 2.43 bits per heavy atom. The zero-order chi connectivity index (χ0) is 10.4. The van der Waals surface area contributed by atoms with E-state index in [-0.39, 0.29) is 0 Å². The van der Waals surface area contributed by atoms with E-state index in [4.69, 9.17) is 5.21 Å². The summed E-state index contributed by atoms with van der Waals surface area (Å²) in [7, 11) is 1.45. The van der Waals surface area contributed by atoms with Crippen molar-refractivity contribution in [3.8, 4) is 0 Å². The van der Waals surface area contributed by atoms with Crippen molar-refractivity contribution in [1.29, 1.82) is 0 Å².